The Morgan fingerprint density at radius 3 is 1.87 bits per heavy atom. The molecule has 1 aliphatic carbocycles. The van der Waals surface area contributed by atoms with Gasteiger partial charge in [0, 0.05) is 22.1 Å². The van der Waals surface area contributed by atoms with E-state index in [0.29, 0.717) is 0 Å². The minimum atomic E-state index is 0.785. The number of aryl methyl sites for hydroxylation is 1. The van der Waals surface area contributed by atoms with Crippen molar-refractivity contribution in [2.45, 2.75) is 19.3 Å². The molecule has 53 heavy (non-hydrogen) atoms. The number of nitrogens with two attached hydrogens (primary N) is 1. The van der Waals surface area contributed by atoms with E-state index < -0.39 is 0 Å². The molecule has 0 aliphatic heterocycles. The van der Waals surface area contributed by atoms with Crippen molar-refractivity contribution in [1.29, 1.82) is 5.41 Å². The van der Waals surface area contributed by atoms with Gasteiger partial charge in [0.1, 0.15) is 0 Å². The lowest BCUT2D eigenvalue weighted by molar-refractivity contribution is 1.00. The van der Waals surface area contributed by atoms with E-state index in [1.54, 1.807) is 0 Å². The summed E-state index contributed by atoms with van der Waals surface area (Å²) in [6.45, 7) is 2.50. The highest BCUT2D eigenvalue weighted by Crippen LogP contribution is 2.37. The molecule has 0 bridgehead atoms. The third-order valence-electron chi connectivity index (χ3n) is 10.3. The van der Waals surface area contributed by atoms with Crippen LogP contribution >= 0.6 is 0 Å². The molecule has 1 aliphatic rings. The molecule has 10 rings (SSSR count). The number of benzene rings is 8. The molecular formula is C50H41N3. The second kappa shape index (κ2) is 14.9. The van der Waals surface area contributed by atoms with Gasteiger partial charge in [-0.1, -0.05) is 146 Å². The number of fused-ring (bicyclic) bond motifs is 9. The van der Waals surface area contributed by atoms with Gasteiger partial charge in [0.2, 0.25) is 0 Å². The summed E-state index contributed by atoms with van der Waals surface area (Å²) in [5.41, 5.74) is 18.3. The molecule has 0 saturated heterocycles. The lowest BCUT2D eigenvalue weighted by atomic mass is 9.86. The number of nitrogen functional groups attached to an aromatic ring is 1. The minimum absolute atomic E-state index is 0.785. The van der Waals surface area contributed by atoms with Crippen LogP contribution in [-0.2, 0) is 12.8 Å². The summed E-state index contributed by atoms with van der Waals surface area (Å²) in [4.78, 5) is 0. The molecule has 1 aromatic heterocycles. The third-order valence-corrected chi connectivity index (χ3v) is 10.3. The van der Waals surface area contributed by atoms with Crippen LogP contribution in [0.3, 0.4) is 0 Å². The van der Waals surface area contributed by atoms with Crippen LogP contribution < -0.4 is 5.73 Å². The Labute approximate surface area is 310 Å². The summed E-state index contributed by atoms with van der Waals surface area (Å²) in [6, 6.07) is 60.5. The molecule has 0 spiro atoms. The van der Waals surface area contributed by atoms with E-state index in [2.05, 4.69) is 181 Å². The van der Waals surface area contributed by atoms with E-state index in [0.717, 1.165) is 30.6 Å². The molecule has 1 heterocycles. The molecule has 3 heteroatoms. The number of rotatable bonds is 4. The van der Waals surface area contributed by atoms with Gasteiger partial charge >= 0.3 is 0 Å². The van der Waals surface area contributed by atoms with Crippen LogP contribution in [0.4, 0.5) is 5.69 Å². The van der Waals surface area contributed by atoms with Gasteiger partial charge < -0.3 is 15.7 Å². The van der Waals surface area contributed by atoms with Crippen LogP contribution in [0.15, 0.2) is 176 Å². The first-order valence-corrected chi connectivity index (χ1v) is 18.2. The predicted octanol–water partition coefficient (Wildman–Crippen LogP) is 12.8. The number of hydrogen-bond acceptors (Lipinski definition) is 2. The predicted molar refractivity (Wildman–Crippen MR) is 229 cm³/mol. The van der Waals surface area contributed by atoms with Gasteiger partial charge in [-0.15, -0.1) is 0 Å². The first-order valence-electron chi connectivity index (χ1n) is 18.2. The fourth-order valence-corrected chi connectivity index (χ4v) is 7.87. The first kappa shape index (κ1) is 33.4. The number of nitrogens with one attached hydrogen (secondary N) is 1. The second-order valence-corrected chi connectivity index (χ2v) is 13.5. The fraction of sp³-hybridized carbons (Fsp3) is 0.0600. The lowest BCUT2D eigenvalue weighted by Crippen LogP contribution is -1.98. The van der Waals surface area contributed by atoms with Crippen molar-refractivity contribution >= 4 is 61.8 Å². The van der Waals surface area contributed by atoms with Gasteiger partial charge in [0.15, 0.2) is 0 Å². The van der Waals surface area contributed by atoms with Crippen LogP contribution in [0.2, 0.25) is 0 Å². The van der Waals surface area contributed by atoms with E-state index in [9.17, 15) is 0 Å². The van der Waals surface area contributed by atoms with Crippen LogP contribution in [0, 0.1) is 5.41 Å². The average Bonchev–Trinajstić information content (AvgIpc) is 3.57. The number of aromatic nitrogens is 1. The van der Waals surface area contributed by atoms with Crippen molar-refractivity contribution in [3.63, 3.8) is 0 Å². The third kappa shape index (κ3) is 6.50. The molecule has 0 atom stereocenters. The Balaban J connectivity index is 0.000000144. The quantitative estimate of drug-likeness (QED) is 0.108. The summed E-state index contributed by atoms with van der Waals surface area (Å²) in [6.07, 6.45) is 7.92. The van der Waals surface area contributed by atoms with Crippen molar-refractivity contribution in [3.8, 4) is 16.8 Å². The van der Waals surface area contributed by atoms with E-state index >= 15 is 0 Å². The van der Waals surface area contributed by atoms with Crippen molar-refractivity contribution in [2.75, 3.05) is 5.73 Å². The van der Waals surface area contributed by atoms with Crippen molar-refractivity contribution in [2.24, 2.45) is 0 Å². The summed E-state index contributed by atoms with van der Waals surface area (Å²) in [5.74, 6) is 0. The number of anilines is 1. The highest BCUT2D eigenvalue weighted by atomic mass is 15.0. The minimum Gasteiger partial charge on any atom is -0.399 e. The highest BCUT2D eigenvalue weighted by Gasteiger charge is 2.15. The van der Waals surface area contributed by atoms with Gasteiger partial charge in [-0.2, -0.15) is 0 Å². The number of para-hydroxylation sites is 2. The number of allylic oxidation sites excluding steroid dienone is 1. The zero-order chi connectivity index (χ0) is 36.1. The zero-order valence-electron chi connectivity index (χ0n) is 29.7. The molecule has 3 N–H and O–H groups in total. The smallest absolute Gasteiger partial charge is 0.0541 e. The summed E-state index contributed by atoms with van der Waals surface area (Å²) < 4.78 is 2.34. The van der Waals surface area contributed by atoms with Gasteiger partial charge in [-0.3, -0.25) is 0 Å². The Morgan fingerprint density at radius 1 is 0.509 bits per heavy atom. The Morgan fingerprint density at radius 2 is 1.15 bits per heavy atom. The zero-order valence-corrected chi connectivity index (χ0v) is 29.7. The lowest BCUT2D eigenvalue weighted by Gasteiger charge is -2.18. The average molecular weight is 684 g/mol. The van der Waals surface area contributed by atoms with Crippen LogP contribution in [0.1, 0.15) is 28.7 Å². The van der Waals surface area contributed by atoms with Crippen molar-refractivity contribution in [3.05, 3.63) is 198 Å². The molecule has 0 fully saturated rings. The van der Waals surface area contributed by atoms with E-state index in [1.165, 1.54) is 76.7 Å². The molecule has 0 radical (unpaired) electrons. The molecular weight excluding hydrogens is 643 g/mol. The van der Waals surface area contributed by atoms with E-state index in [-0.39, 0.29) is 0 Å². The topological polar surface area (TPSA) is 54.8 Å². The van der Waals surface area contributed by atoms with Crippen LogP contribution in [-0.4, -0.2) is 11.3 Å². The van der Waals surface area contributed by atoms with Crippen molar-refractivity contribution in [1.82, 2.24) is 4.57 Å². The first-order chi connectivity index (χ1) is 26.2. The monoisotopic (exact) mass is 683 g/mol. The molecule has 0 amide bonds. The van der Waals surface area contributed by atoms with Crippen molar-refractivity contribution < 1.29 is 0 Å². The summed E-state index contributed by atoms with van der Waals surface area (Å²) in [5, 5.41) is 13.6. The van der Waals surface area contributed by atoms with Gasteiger partial charge in [0.05, 0.1) is 11.0 Å². The fourth-order valence-electron chi connectivity index (χ4n) is 7.87. The Hall–Kier alpha value is -6.71. The van der Waals surface area contributed by atoms with Crippen LogP contribution in [0.5, 0.6) is 0 Å². The standard InChI is InChI=1S/C25H20.C24H18N2.CH3N/c1-2-8-18(9-3-1)16-19-14-15-24-22-12-5-4-10-20(22)21-11-6-7-13-23(21)25(24)17-19;25-19-14-12-17(13-15-19)18-6-5-7-20(16-18)26-23-10-3-1-8-21(23)22-9-2-4-11-24(22)26;1-2/h1-3,5-9,11-15,17H,4,10,16H2;1-16H,25H2;2H,1H2. The number of nitrogens with zero attached hydrogens (tertiary/aromatic N) is 1. The van der Waals surface area contributed by atoms with E-state index in [1.807, 2.05) is 12.1 Å². The maximum Gasteiger partial charge on any atom is 0.0541 e. The molecule has 256 valence electrons. The van der Waals surface area contributed by atoms with Crippen LogP contribution in [0.25, 0.3) is 66.2 Å². The maximum absolute atomic E-state index is 5.83. The Kier molecular flexibility index (Phi) is 9.38. The molecule has 0 unspecified atom stereocenters. The molecule has 8 aromatic carbocycles. The normalized spacial score (nSPS) is 11.8. The van der Waals surface area contributed by atoms with Gasteiger partial charge in [0.25, 0.3) is 0 Å². The van der Waals surface area contributed by atoms with E-state index in [4.69, 9.17) is 11.1 Å². The number of hydrogen-bond donors (Lipinski definition) is 2. The Bertz CT molecular complexity index is 2680. The second-order valence-electron chi connectivity index (χ2n) is 13.5. The summed E-state index contributed by atoms with van der Waals surface area (Å²) >= 11 is 0. The maximum atomic E-state index is 5.83. The SMILES string of the molecule is C1=Cc2c(c3ccccc3c3cc(Cc4ccccc4)ccc23)CC1.C=N.Nc1ccc(-c2cccc(-n3c4ccccc4c4ccccc43)c2)cc1. The van der Waals surface area contributed by atoms with Gasteiger partial charge in [-0.25, -0.2) is 0 Å². The largest absolute Gasteiger partial charge is 0.399 e. The summed E-state index contributed by atoms with van der Waals surface area (Å²) in [7, 11) is 0. The molecule has 3 nitrogen and oxygen atoms in total. The van der Waals surface area contributed by atoms with Gasteiger partial charge in [-0.05, 0) is 117 Å². The molecule has 0 saturated carbocycles. The highest BCUT2D eigenvalue weighted by molar-refractivity contribution is 6.13. The molecule has 9 aromatic rings.